The number of benzene rings is 2. The molecular weight excluding hydrogens is 386 g/mol. The van der Waals surface area contributed by atoms with E-state index in [1.54, 1.807) is 30.4 Å². The molecule has 29 heavy (non-hydrogen) atoms. The molecule has 3 N–H and O–H groups in total. The van der Waals surface area contributed by atoms with Crippen LogP contribution in [0.2, 0.25) is 0 Å². The van der Waals surface area contributed by atoms with Gasteiger partial charge in [-0.1, -0.05) is 49.4 Å². The van der Waals surface area contributed by atoms with Gasteiger partial charge in [0.25, 0.3) is 11.6 Å². The number of nitrogens with zero attached hydrogens (tertiary/aromatic N) is 1. The fraction of sp³-hybridized carbons (Fsp3) is 0.227. The van der Waals surface area contributed by atoms with Gasteiger partial charge in [0.05, 0.1) is 9.80 Å². The second-order valence-electron chi connectivity index (χ2n) is 6.80. The molecule has 1 heterocycles. The van der Waals surface area contributed by atoms with E-state index in [4.69, 9.17) is 0 Å². The molecule has 2 aromatic carbocycles. The number of carbonyl (C=O) groups excluding carboxylic acids is 1. The summed E-state index contributed by atoms with van der Waals surface area (Å²) in [7, 11) is 0. The number of carbonyl (C=O) groups is 1. The van der Waals surface area contributed by atoms with Crippen LogP contribution in [0.25, 0.3) is 0 Å². The number of nitro benzene ring substituents is 1. The molecule has 0 fully saturated rings. The largest absolute Gasteiger partial charge is 0.328 e. The summed E-state index contributed by atoms with van der Waals surface area (Å²) in [5.74, 6) is -0.269. The minimum atomic E-state index is -0.476. The lowest BCUT2D eigenvalue weighted by Crippen LogP contribution is -2.87. The molecule has 7 heteroatoms. The summed E-state index contributed by atoms with van der Waals surface area (Å²) >= 11 is 1.65. The number of aryl methyl sites for hydroxylation is 2. The summed E-state index contributed by atoms with van der Waals surface area (Å²) in [5, 5.41) is 18.0. The van der Waals surface area contributed by atoms with Gasteiger partial charge in [0.1, 0.15) is 11.7 Å². The van der Waals surface area contributed by atoms with Crippen LogP contribution >= 0.6 is 11.3 Å². The number of amides is 1. The molecule has 0 aliphatic carbocycles. The van der Waals surface area contributed by atoms with E-state index in [-0.39, 0.29) is 29.9 Å². The van der Waals surface area contributed by atoms with E-state index < -0.39 is 4.92 Å². The van der Waals surface area contributed by atoms with E-state index in [9.17, 15) is 14.9 Å². The molecular formula is C22H24N3O3S+. The minimum Gasteiger partial charge on any atom is -0.328 e. The zero-order chi connectivity index (χ0) is 20.8. The number of hydrogen-bond acceptors (Lipinski definition) is 4. The highest BCUT2D eigenvalue weighted by Gasteiger charge is 2.22. The molecule has 0 saturated carbocycles. The van der Waals surface area contributed by atoms with Crippen LogP contribution in [-0.2, 0) is 11.2 Å². The van der Waals surface area contributed by atoms with Crippen molar-refractivity contribution < 1.29 is 15.0 Å². The molecule has 6 nitrogen and oxygen atoms in total. The molecule has 1 atom stereocenters. The second-order valence-corrected chi connectivity index (χ2v) is 7.78. The zero-order valence-electron chi connectivity index (χ0n) is 16.4. The lowest BCUT2D eigenvalue weighted by molar-refractivity contribution is -0.675. The van der Waals surface area contributed by atoms with E-state index in [2.05, 4.69) is 42.6 Å². The van der Waals surface area contributed by atoms with Gasteiger partial charge < -0.3 is 10.6 Å². The Hall–Kier alpha value is -3.03. The first-order chi connectivity index (χ1) is 14.0. The van der Waals surface area contributed by atoms with Gasteiger partial charge in [0, 0.05) is 11.6 Å². The maximum Gasteiger partial charge on any atom is 0.293 e. The third-order valence-electron chi connectivity index (χ3n) is 4.85. The van der Waals surface area contributed by atoms with E-state index in [0.29, 0.717) is 5.56 Å². The van der Waals surface area contributed by atoms with Gasteiger partial charge >= 0.3 is 0 Å². The van der Waals surface area contributed by atoms with Crippen molar-refractivity contribution in [3.8, 4) is 0 Å². The summed E-state index contributed by atoms with van der Waals surface area (Å²) < 4.78 is 0. The first-order valence-corrected chi connectivity index (χ1v) is 10.4. The van der Waals surface area contributed by atoms with Crippen molar-refractivity contribution in [1.29, 1.82) is 0 Å². The molecule has 0 spiro atoms. The van der Waals surface area contributed by atoms with Crippen LogP contribution in [0.15, 0.2) is 60.0 Å². The number of rotatable bonds is 8. The van der Waals surface area contributed by atoms with Crippen LogP contribution < -0.4 is 10.6 Å². The van der Waals surface area contributed by atoms with Crippen LogP contribution in [0, 0.1) is 17.0 Å². The van der Waals surface area contributed by atoms with Gasteiger partial charge in [-0.15, -0.1) is 11.3 Å². The van der Waals surface area contributed by atoms with E-state index in [0.717, 1.165) is 16.9 Å². The molecule has 0 aliphatic heterocycles. The molecule has 3 rings (SSSR count). The molecule has 1 aromatic heterocycles. The number of quaternary nitrogens is 1. The Morgan fingerprint density at radius 3 is 2.55 bits per heavy atom. The number of nitrogens with two attached hydrogens (primary N) is 1. The Morgan fingerprint density at radius 2 is 1.93 bits per heavy atom. The standard InChI is InChI=1S/C22H23N3O3S/c1-3-16-9-11-17(12-10-16)22(19-8-5-13-29-19)23-14-20(26)24-21-15(2)6-4-7-18(21)25(27)28/h4-13,22-23H,3,14H2,1-2H3,(H,24,26)/p+1/t22-/m1/s1. The molecule has 0 unspecified atom stereocenters. The highest BCUT2D eigenvalue weighted by molar-refractivity contribution is 7.10. The average molecular weight is 411 g/mol. The lowest BCUT2D eigenvalue weighted by atomic mass is 10.0. The molecule has 0 bridgehead atoms. The van der Waals surface area contributed by atoms with E-state index in [1.165, 1.54) is 11.6 Å². The van der Waals surface area contributed by atoms with Crippen molar-refractivity contribution in [3.63, 3.8) is 0 Å². The van der Waals surface area contributed by atoms with Crippen LogP contribution in [0.4, 0.5) is 11.4 Å². The predicted octanol–water partition coefficient (Wildman–Crippen LogP) is 3.82. The maximum absolute atomic E-state index is 12.6. The maximum atomic E-state index is 12.6. The fourth-order valence-electron chi connectivity index (χ4n) is 3.23. The molecule has 1 amide bonds. The third kappa shape index (κ3) is 5.07. The summed E-state index contributed by atoms with van der Waals surface area (Å²) in [6.45, 7) is 4.02. The van der Waals surface area contributed by atoms with Gasteiger partial charge in [-0.2, -0.15) is 0 Å². The zero-order valence-corrected chi connectivity index (χ0v) is 17.2. The summed E-state index contributed by atoms with van der Waals surface area (Å²) in [6.07, 6.45) is 0.977. The third-order valence-corrected chi connectivity index (χ3v) is 5.80. The number of nitrogens with one attached hydrogen (secondary N) is 1. The molecule has 3 aromatic rings. The smallest absolute Gasteiger partial charge is 0.293 e. The first kappa shape index (κ1) is 20.7. The van der Waals surface area contributed by atoms with Crippen LogP contribution in [-0.4, -0.2) is 17.4 Å². The predicted molar refractivity (Wildman–Crippen MR) is 115 cm³/mol. The van der Waals surface area contributed by atoms with Gasteiger partial charge in [-0.3, -0.25) is 14.9 Å². The van der Waals surface area contributed by atoms with E-state index >= 15 is 0 Å². The Labute approximate surface area is 173 Å². The number of anilines is 1. The fourth-order valence-corrected chi connectivity index (χ4v) is 4.08. The SMILES string of the molecule is CCc1ccc([C@@H]([NH2+]CC(=O)Nc2c(C)cccc2[N+](=O)[O-])c2cccs2)cc1. The van der Waals surface area contributed by atoms with Gasteiger partial charge in [0.2, 0.25) is 0 Å². The van der Waals surface area contributed by atoms with Crippen LogP contribution in [0.3, 0.4) is 0 Å². The summed E-state index contributed by atoms with van der Waals surface area (Å²) in [6, 6.07) is 17.2. The first-order valence-electron chi connectivity index (χ1n) is 9.49. The molecule has 0 radical (unpaired) electrons. The van der Waals surface area contributed by atoms with Crippen molar-refractivity contribution in [2.24, 2.45) is 0 Å². The number of para-hydroxylation sites is 1. The topological polar surface area (TPSA) is 88.8 Å². The molecule has 150 valence electrons. The molecule has 0 saturated heterocycles. The highest BCUT2D eigenvalue weighted by atomic mass is 32.1. The highest BCUT2D eigenvalue weighted by Crippen LogP contribution is 2.27. The van der Waals surface area contributed by atoms with Crippen molar-refractivity contribution in [2.75, 3.05) is 11.9 Å². The van der Waals surface area contributed by atoms with Gasteiger partial charge in [-0.05, 0) is 35.9 Å². The van der Waals surface area contributed by atoms with Crippen molar-refractivity contribution in [3.05, 3.63) is 91.7 Å². The number of thiophene rings is 1. The van der Waals surface area contributed by atoms with Gasteiger partial charge in [0.15, 0.2) is 6.54 Å². The Morgan fingerprint density at radius 1 is 1.17 bits per heavy atom. The quantitative estimate of drug-likeness (QED) is 0.437. The number of nitro groups is 1. The Kier molecular flexibility index (Phi) is 6.74. The number of hydrogen-bond donors (Lipinski definition) is 2. The van der Waals surface area contributed by atoms with Crippen molar-refractivity contribution in [1.82, 2.24) is 0 Å². The molecule has 0 aliphatic rings. The van der Waals surface area contributed by atoms with E-state index in [1.807, 2.05) is 16.8 Å². The van der Waals surface area contributed by atoms with Crippen LogP contribution in [0.5, 0.6) is 0 Å². The lowest BCUT2D eigenvalue weighted by Gasteiger charge is -2.15. The Bertz CT molecular complexity index is 985. The average Bonchev–Trinajstić information content (AvgIpc) is 3.24. The Balaban J connectivity index is 1.75. The van der Waals surface area contributed by atoms with Crippen LogP contribution in [0.1, 0.15) is 34.5 Å². The summed E-state index contributed by atoms with van der Waals surface area (Å²) in [5.41, 5.74) is 3.22. The van der Waals surface area contributed by atoms with Crippen molar-refractivity contribution in [2.45, 2.75) is 26.3 Å². The minimum absolute atomic E-state index is 0.00138. The van der Waals surface area contributed by atoms with Gasteiger partial charge in [-0.25, -0.2) is 0 Å². The monoisotopic (exact) mass is 410 g/mol. The second kappa shape index (κ2) is 9.45. The summed E-state index contributed by atoms with van der Waals surface area (Å²) in [4.78, 5) is 24.5. The van der Waals surface area contributed by atoms with Crippen molar-refractivity contribution >= 4 is 28.6 Å². The normalized spacial score (nSPS) is 11.8.